The fraction of sp³-hybridized carbons (Fsp3) is 1.00. The van der Waals surface area contributed by atoms with Crippen molar-refractivity contribution in [2.24, 2.45) is 0 Å². The van der Waals surface area contributed by atoms with Gasteiger partial charge in [0.2, 0.25) is 0 Å². The van der Waals surface area contributed by atoms with Gasteiger partial charge in [-0.3, -0.25) is 0 Å². The topological polar surface area (TPSA) is 19.9 Å². The van der Waals surface area contributed by atoms with Crippen molar-refractivity contribution in [1.82, 2.24) is 0 Å². The third-order valence-electron chi connectivity index (χ3n) is 2.22. The van der Waals surface area contributed by atoms with Crippen molar-refractivity contribution in [2.45, 2.75) is 51.0 Å². The van der Waals surface area contributed by atoms with Crippen molar-refractivity contribution in [3.63, 3.8) is 0 Å². The third kappa shape index (κ3) is 1.68. The Morgan fingerprint density at radius 1 is 1.33 bits per heavy atom. The zero-order valence-electron chi connectivity index (χ0n) is 6.15. The highest BCUT2D eigenvalue weighted by atomic mass is 16.3. The van der Waals surface area contributed by atoms with E-state index in [-0.39, 0.29) is 0 Å². The minimum absolute atomic E-state index is 0.505. The first kappa shape index (κ1) is 7.07. The summed E-state index contributed by atoms with van der Waals surface area (Å²) >= 11 is 0. The monoisotopic (exact) mass is 127 g/mol. The summed E-state index contributed by atoms with van der Waals surface area (Å²) in [6, 6.07) is 0. The van der Waals surface area contributed by atoms with Crippen LogP contribution in [0.1, 0.15) is 45.4 Å². The van der Waals surface area contributed by atoms with Gasteiger partial charge in [0.25, 0.3) is 0 Å². The lowest BCUT2D eigenvalue weighted by molar-refractivity contribution is -0.0310. The van der Waals surface area contributed by atoms with Gasteiger partial charge in [-0.05, 0) is 19.3 Å². The molecule has 0 spiro atoms. The Hall–Kier alpha value is -0.0400. The summed E-state index contributed by atoms with van der Waals surface area (Å²) in [6.07, 6.45) is 6.16. The fourth-order valence-electron chi connectivity index (χ4n) is 1.72. The standard InChI is InChI=1S/C8H15O/c1-2-5-8(9)6-3-4-7-8/h2-7H2,1H3. The Labute approximate surface area is 57.1 Å². The van der Waals surface area contributed by atoms with Crippen molar-refractivity contribution in [1.29, 1.82) is 0 Å². The molecule has 1 heteroatoms. The SMILES string of the molecule is CCCC1([O])CCCC1. The Balaban J connectivity index is 2.32. The van der Waals surface area contributed by atoms with E-state index in [2.05, 4.69) is 6.92 Å². The first-order chi connectivity index (χ1) is 4.27. The molecule has 0 heterocycles. The lowest BCUT2D eigenvalue weighted by atomic mass is 9.97. The highest BCUT2D eigenvalue weighted by Crippen LogP contribution is 2.33. The molecule has 1 nitrogen and oxygen atoms in total. The highest BCUT2D eigenvalue weighted by molar-refractivity contribution is 4.82. The van der Waals surface area contributed by atoms with Crippen LogP contribution in [0.3, 0.4) is 0 Å². The van der Waals surface area contributed by atoms with Crippen LogP contribution in [0.5, 0.6) is 0 Å². The molecule has 1 fully saturated rings. The molecule has 1 rings (SSSR count). The molecule has 0 amide bonds. The third-order valence-corrected chi connectivity index (χ3v) is 2.22. The molecule has 0 aliphatic heterocycles. The van der Waals surface area contributed by atoms with Crippen molar-refractivity contribution >= 4 is 0 Å². The predicted octanol–water partition coefficient (Wildman–Crippen LogP) is 2.53. The smallest absolute Gasteiger partial charge is 0.104 e. The van der Waals surface area contributed by atoms with E-state index in [9.17, 15) is 5.11 Å². The quantitative estimate of drug-likeness (QED) is 0.543. The van der Waals surface area contributed by atoms with E-state index in [1.165, 1.54) is 12.8 Å². The van der Waals surface area contributed by atoms with Gasteiger partial charge in [-0.25, -0.2) is 5.11 Å². The van der Waals surface area contributed by atoms with E-state index in [4.69, 9.17) is 0 Å². The second-order valence-electron chi connectivity index (χ2n) is 3.14. The average molecular weight is 127 g/mol. The van der Waals surface area contributed by atoms with Gasteiger partial charge in [0, 0.05) is 0 Å². The molecule has 0 aromatic heterocycles. The van der Waals surface area contributed by atoms with Crippen LogP contribution in [0.25, 0.3) is 0 Å². The Bertz CT molecular complexity index is 82.6. The predicted molar refractivity (Wildman–Crippen MR) is 36.8 cm³/mol. The van der Waals surface area contributed by atoms with Crippen LogP contribution in [-0.2, 0) is 5.11 Å². The second-order valence-corrected chi connectivity index (χ2v) is 3.14. The van der Waals surface area contributed by atoms with Crippen LogP contribution in [0.2, 0.25) is 0 Å². The van der Waals surface area contributed by atoms with Crippen LogP contribution in [0, 0.1) is 0 Å². The first-order valence-corrected chi connectivity index (χ1v) is 3.97. The molecular formula is C8H15O. The molecule has 1 saturated carbocycles. The maximum Gasteiger partial charge on any atom is 0.104 e. The molecule has 1 aliphatic carbocycles. The van der Waals surface area contributed by atoms with Gasteiger partial charge in [0.15, 0.2) is 0 Å². The maximum absolute atomic E-state index is 11.5. The van der Waals surface area contributed by atoms with Gasteiger partial charge in [-0.2, -0.15) is 0 Å². The van der Waals surface area contributed by atoms with E-state index >= 15 is 0 Å². The molecule has 0 bridgehead atoms. The van der Waals surface area contributed by atoms with Crippen LogP contribution < -0.4 is 0 Å². The number of rotatable bonds is 2. The highest BCUT2D eigenvalue weighted by Gasteiger charge is 2.31. The molecule has 1 radical (unpaired) electrons. The Morgan fingerprint density at radius 2 is 1.89 bits per heavy atom. The molecule has 1 aliphatic rings. The Kier molecular flexibility index (Phi) is 2.12. The van der Waals surface area contributed by atoms with Gasteiger partial charge in [0.05, 0.1) is 0 Å². The van der Waals surface area contributed by atoms with E-state index in [1.807, 2.05) is 0 Å². The summed E-state index contributed by atoms with van der Waals surface area (Å²) in [5.41, 5.74) is -0.505. The summed E-state index contributed by atoms with van der Waals surface area (Å²) in [5.74, 6) is 0. The van der Waals surface area contributed by atoms with Gasteiger partial charge >= 0.3 is 0 Å². The summed E-state index contributed by atoms with van der Waals surface area (Å²) in [7, 11) is 0. The van der Waals surface area contributed by atoms with E-state index < -0.39 is 5.60 Å². The second kappa shape index (κ2) is 2.70. The van der Waals surface area contributed by atoms with Crippen molar-refractivity contribution in [2.75, 3.05) is 0 Å². The summed E-state index contributed by atoms with van der Waals surface area (Å²) < 4.78 is 0. The maximum atomic E-state index is 11.5. The molecule has 0 unspecified atom stereocenters. The first-order valence-electron chi connectivity index (χ1n) is 3.97. The van der Waals surface area contributed by atoms with Gasteiger partial charge < -0.3 is 0 Å². The molecule has 0 N–H and O–H groups in total. The van der Waals surface area contributed by atoms with Crippen LogP contribution in [0.15, 0.2) is 0 Å². The zero-order chi connectivity index (χ0) is 6.74. The van der Waals surface area contributed by atoms with E-state index in [0.717, 1.165) is 25.7 Å². The lowest BCUT2D eigenvalue weighted by Gasteiger charge is -2.16. The van der Waals surface area contributed by atoms with Gasteiger partial charge in [0.1, 0.15) is 5.60 Å². The molecule has 0 saturated heterocycles. The molecule has 0 atom stereocenters. The normalized spacial score (nSPS) is 24.7. The van der Waals surface area contributed by atoms with Crippen molar-refractivity contribution < 1.29 is 5.11 Å². The van der Waals surface area contributed by atoms with Gasteiger partial charge in [-0.1, -0.05) is 26.2 Å². The summed E-state index contributed by atoms with van der Waals surface area (Å²) in [6.45, 7) is 2.10. The Morgan fingerprint density at radius 3 is 2.33 bits per heavy atom. The van der Waals surface area contributed by atoms with E-state index in [0.29, 0.717) is 0 Å². The largest absolute Gasteiger partial charge is 0.229 e. The summed E-state index contributed by atoms with van der Waals surface area (Å²) in [5, 5.41) is 11.5. The minimum atomic E-state index is -0.505. The molecule has 53 valence electrons. The van der Waals surface area contributed by atoms with Crippen molar-refractivity contribution in [3.8, 4) is 0 Å². The molecule has 0 aromatic rings. The summed E-state index contributed by atoms with van der Waals surface area (Å²) in [4.78, 5) is 0. The fourth-order valence-corrected chi connectivity index (χ4v) is 1.72. The van der Waals surface area contributed by atoms with Gasteiger partial charge in [-0.15, -0.1) is 0 Å². The van der Waals surface area contributed by atoms with Crippen LogP contribution in [-0.4, -0.2) is 5.60 Å². The lowest BCUT2D eigenvalue weighted by Crippen LogP contribution is -2.20. The van der Waals surface area contributed by atoms with Crippen LogP contribution in [0.4, 0.5) is 0 Å². The minimum Gasteiger partial charge on any atom is -0.229 e. The average Bonchev–Trinajstić information content (AvgIpc) is 2.16. The zero-order valence-corrected chi connectivity index (χ0v) is 6.15. The molecular weight excluding hydrogens is 112 g/mol. The molecule has 9 heavy (non-hydrogen) atoms. The number of hydrogen-bond donors (Lipinski definition) is 0. The molecule has 0 aromatic carbocycles. The van der Waals surface area contributed by atoms with Crippen LogP contribution >= 0.6 is 0 Å². The van der Waals surface area contributed by atoms with E-state index in [1.54, 1.807) is 0 Å². The van der Waals surface area contributed by atoms with Crippen molar-refractivity contribution in [3.05, 3.63) is 0 Å². The number of hydrogen-bond acceptors (Lipinski definition) is 0.